The fraction of sp³-hybridized carbons (Fsp3) is 0.364. The van der Waals surface area contributed by atoms with Crippen molar-refractivity contribution in [1.82, 2.24) is 0 Å². The average Bonchev–Trinajstić information content (AvgIpc) is 2.18. The van der Waals surface area contributed by atoms with Crippen molar-refractivity contribution >= 4 is 27.5 Å². The summed E-state index contributed by atoms with van der Waals surface area (Å²) in [5.41, 5.74) is 7.31. The van der Waals surface area contributed by atoms with Crippen LogP contribution in [0.25, 0.3) is 0 Å². The molecule has 1 aromatic rings. The Labute approximate surface area is 98.2 Å². The minimum atomic E-state index is -0.0328. The van der Waals surface area contributed by atoms with E-state index in [2.05, 4.69) is 21.2 Å². The Morgan fingerprint density at radius 2 is 2.20 bits per heavy atom. The van der Waals surface area contributed by atoms with Crippen LogP contribution in [0.5, 0.6) is 0 Å². The van der Waals surface area contributed by atoms with Crippen molar-refractivity contribution in [3.8, 4) is 0 Å². The second-order valence-electron chi connectivity index (χ2n) is 3.65. The third-order valence-corrected chi connectivity index (χ3v) is 2.57. The molecule has 15 heavy (non-hydrogen) atoms. The second-order valence-corrected chi connectivity index (χ2v) is 4.57. The van der Waals surface area contributed by atoms with Gasteiger partial charge in [-0.2, -0.15) is 0 Å². The Morgan fingerprint density at radius 3 is 2.73 bits per heavy atom. The molecule has 1 aromatic carbocycles. The predicted octanol–water partition coefficient (Wildman–Crippen LogP) is 2.50. The summed E-state index contributed by atoms with van der Waals surface area (Å²) in [4.78, 5) is 11.5. The number of halogens is 1. The van der Waals surface area contributed by atoms with Gasteiger partial charge in [0.15, 0.2) is 0 Å². The van der Waals surface area contributed by atoms with Crippen molar-refractivity contribution < 1.29 is 4.79 Å². The molecule has 3 nitrogen and oxygen atoms in total. The van der Waals surface area contributed by atoms with E-state index in [4.69, 9.17) is 5.73 Å². The zero-order valence-corrected chi connectivity index (χ0v) is 10.5. The molecule has 0 unspecified atom stereocenters. The van der Waals surface area contributed by atoms with E-state index in [0.717, 1.165) is 15.7 Å². The zero-order chi connectivity index (χ0) is 11.4. The third kappa shape index (κ3) is 3.32. The molecule has 0 aliphatic carbocycles. The molecular weight excluding hydrogens is 256 g/mol. The Hall–Kier alpha value is -0.870. The van der Waals surface area contributed by atoms with E-state index in [1.54, 1.807) is 0 Å². The number of hydrogen-bond acceptors (Lipinski definition) is 2. The lowest BCUT2D eigenvalue weighted by atomic mass is 10.1. The maximum absolute atomic E-state index is 11.5. The van der Waals surface area contributed by atoms with Crippen LogP contribution in [-0.4, -0.2) is 5.91 Å². The predicted molar refractivity (Wildman–Crippen MR) is 65.5 cm³/mol. The molecule has 0 radical (unpaired) electrons. The van der Waals surface area contributed by atoms with Crippen molar-refractivity contribution in [3.63, 3.8) is 0 Å². The van der Waals surface area contributed by atoms with Gasteiger partial charge in [-0.1, -0.05) is 35.8 Å². The lowest BCUT2D eigenvalue weighted by molar-refractivity contribution is -0.118. The highest BCUT2D eigenvalue weighted by molar-refractivity contribution is 9.10. The summed E-state index contributed by atoms with van der Waals surface area (Å²) in [7, 11) is 0. The maximum atomic E-state index is 11.5. The first-order valence-electron chi connectivity index (χ1n) is 4.84. The van der Waals surface area contributed by atoms with Crippen molar-refractivity contribution in [2.45, 2.75) is 20.4 Å². The molecule has 0 fully saturated rings. The normalized spacial score (nSPS) is 10.5. The van der Waals surface area contributed by atoms with E-state index >= 15 is 0 Å². The SMILES string of the molecule is CC(C)C(=O)Nc1cc(Br)ccc1CN. The molecule has 0 aromatic heterocycles. The third-order valence-electron chi connectivity index (χ3n) is 2.07. The van der Waals surface area contributed by atoms with Crippen LogP contribution in [0.1, 0.15) is 19.4 Å². The highest BCUT2D eigenvalue weighted by Gasteiger charge is 2.09. The standard InChI is InChI=1S/C11H15BrN2O/c1-7(2)11(15)14-10-5-9(12)4-3-8(10)6-13/h3-5,7H,6,13H2,1-2H3,(H,14,15). The van der Waals surface area contributed by atoms with Gasteiger partial charge < -0.3 is 11.1 Å². The summed E-state index contributed by atoms with van der Waals surface area (Å²) in [6.45, 7) is 4.13. The van der Waals surface area contributed by atoms with Crippen molar-refractivity contribution in [2.75, 3.05) is 5.32 Å². The van der Waals surface area contributed by atoms with Crippen LogP contribution in [0.15, 0.2) is 22.7 Å². The van der Waals surface area contributed by atoms with Crippen LogP contribution in [0, 0.1) is 5.92 Å². The van der Waals surface area contributed by atoms with Crippen LogP contribution in [0.2, 0.25) is 0 Å². The van der Waals surface area contributed by atoms with E-state index in [9.17, 15) is 4.79 Å². The lowest BCUT2D eigenvalue weighted by Gasteiger charge is -2.11. The van der Waals surface area contributed by atoms with Gasteiger partial charge in [-0.05, 0) is 17.7 Å². The van der Waals surface area contributed by atoms with Gasteiger partial charge in [0.1, 0.15) is 0 Å². The quantitative estimate of drug-likeness (QED) is 0.887. The Morgan fingerprint density at radius 1 is 1.53 bits per heavy atom. The topological polar surface area (TPSA) is 55.1 Å². The molecule has 0 heterocycles. The summed E-state index contributed by atoms with van der Waals surface area (Å²) in [6.07, 6.45) is 0. The van der Waals surface area contributed by atoms with Crippen molar-refractivity contribution in [3.05, 3.63) is 28.2 Å². The van der Waals surface area contributed by atoms with Gasteiger partial charge >= 0.3 is 0 Å². The number of benzene rings is 1. The molecule has 1 rings (SSSR count). The van der Waals surface area contributed by atoms with Gasteiger partial charge in [0.25, 0.3) is 0 Å². The molecule has 0 bridgehead atoms. The minimum absolute atomic E-state index is 0.00259. The molecular formula is C11H15BrN2O. The van der Waals surface area contributed by atoms with Crippen LogP contribution in [0.4, 0.5) is 5.69 Å². The van der Waals surface area contributed by atoms with E-state index in [1.165, 1.54) is 0 Å². The molecule has 0 saturated heterocycles. The van der Waals surface area contributed by atoms with Gasteiger partial charge in [0.05, 0.1) is 0 Å². The molecule has 0 aliphatic rings. The summed E-state index contributed by atoms with van der Waals surface area (Å²) in [5.74, 6) is -0.0302. The summed E-state index contributed by atoms with van der Waals surface area (Å²) < 4.78 is 0.929. The number of nitrogens with two attached hydrogens (primary N) is 1. The van der Waals surface area contributed by atoms with Gasteiger partial charge in [0, 0.05) is 22.6 Å². The summed E-state index contributed by atoms with van der Waals surface area (Å²) >= 11 is 3.36. The van der Waals surface area contributed by atoms with Gasteiger partial charge in [-0.25, -0.2) is 0 Å². The highest BCUT2D eigenvalue weighted by atomic mass is 79.9. The second kappa shape index (κ2) is 5.28. The Bertz CT molecular complexity index is 364. The fourth-order valence-electron chi connectivity index (χ4n) is 1.12. The van der Waals surface area contributed by atoms with Crippen LogP contribution in [-0.2, 0) is 11.3 Å². The van der Waals surface area contributed by atoms with Gasteiger partial charge in [0.2, 0.25) is 5.91 Å². The number of hydrogen-bond donors (Lipinski definition) is 2. The molecule has 0 spiro atoms. The van der Waals surface area contributed by atoms with E-state index in [1.807, 2.05) is 32.0 Å². The maximum Gasteiger partial charge on any atom is 0.226 e. The number of carbonyl (C=O) groups excluding carboxylic acids is 1. The molecule has 0 atom stereocenters. The van der Waals surface area contributed by atoms with Gasteiger partial charge in [-0.3, -0.25) is 4.79 Å². The zero-order valence-electron chi connectivity index (χ0n) is 8.88. The van der Waals surface area contributed by atoms with E-state index in [0.29, 0.717) is 6.54 Å². The monoisotopic (exact) mass is 270 g/mol. The number of nitrogens with one attached hydrogen (secondary N) is 1. The average molecular weight is 271 g/mol. The molecule has 4 heteroatoms. The number of anilines is 1. The Balaban J connectivity index is 2.92. The van der Waals surface area contributed by atoms with Crippen molar-refractivity contribution in [2.24, 2.45) is 11.7 Å². The number of carbonyl (C=O) groups is 1. The molecule has 82 valence electrons. The molecule has 1 amide bonds. The first kappa shape index (κ1) is 12.2. The highest BCUT2D eigenvalue weighted by Crippen LogP contribution is 2.21. The van der Waals surface area contributed by atoms with Gasteiger partial charge in [-0.15, -0.1) is 0 Å². The molecule has 0 saturated carbocycles. The first-order chi connectivity index (χ1) is 7.04. The van der Waals surface area contributed by atoms with Crippen molar-refractivity contribution in [1.29, 1.82) is 0 Å². The lowest BCUT2D eigenvalue weighted by Crippen LogP contribution is -2.19. The molecule has 3 N–H and O–H groups in total. The van der Waals surface area contributed by atoms with Crippen LogP contribution < -0.4 is 11.1 Å². The Kier molecular flexibility index (Phi) is 4.29. The van der Waals surface area contributed by atoms with E-state index in [-0.39, 0.29) is 11.8 Å². The smallest absolute Gasteiger partial charge is 0.226 e. The minimum Gasteiger partial charge on any atom is -0.326 e. The van der Waals surface area contributed by atoms with Crippen LogP contribution in [0.3, 0.4) is 0 Å². The molecule has 0 aliphatic heterocycles. The number of amides is 1. The first-order valence-corrected chi connectivity index (χ1v) is 5.63. The largest absolute Gasteiger partial charge is 0.326 e. The fourth-order valence-corrected chi connectivity index (χ4v) is 1.48. The summed E-state index contributed by atoms with van der Waals surface area (Å²) in [5, 5.41) is 2.85. The summed E-state index contributed by atoms with van der Waals surface area (Å²) in [6, 6.07) is 5.68. The number of rotatable bonds is 3. The van der Waals surface area contributed by atoms with E-state index < -0.39 is 0 Å². The van der Waals surface area contributed by atoms with Crippen LogP contribution >= 0.6 is 15.9 Å².